The Morgan fingerprint density at radius 2 is 1.47 bits per heavy atom. The molecule has 0 atom stereocenters. The molecule has 84 valence electrons. The lowest BCUT2D eigenvalue weighted by molar-refractivity contribution is -0.136. The van der Waals surface area contributed by atoms with Gasteiger partial charge in [0.15, 0.2) is 0 Å². The van der Waals surface area contributed by atoms with Crippen molar-refractivity contribution in [1.29, 1.82) is 0 Å². The van der Waals surface area contributed by atoms with Crippen molar-refractivity contribution >= 4 is 11.8 Å². The van der Waals surface area contributed by atoms with Crippen molar-refractivity contribution in [1.82, 2.24) is 4.90 Å². The molecule has 0 bridgehead atoms. The number of nitrogens with zero attached hydrogens (tertiary/aromatic N) is 1. The van der Waals surface area contributed by atoms with Gasteiger partial charge >= 0.3 is 0 Å². The Balaban J connectivity index is 2.05. The maximum absolute atomic E-state index is 11.2. The molecule has 0 radical (unpaired) electrons. The molecule has 1 aliphatic heterocycles. The van der Waals surface area contributed by atoms with Crippen LogP contribution in [-0.4, -0.2) is 29.8 Å². The zero-order valence-corrected chi connectivity index (χ0v) is 8.95. The van der Waals surface area contributed by atoms with Crippen LogP contribution in [0.3, 0.4) is 0 Å². The molecule has 0 saturated carbocycles. The van der Waals surface area contributed by atoms with E-state index in [1.807, 2.05) is 0 Å². The van der Waals surface area contributed by atoms with Gasteiger partial charge in [-0.2, -0.15) is 0 Å². The summed E-state index contributed by atoms with van der Waals surface area (Å²) in [5, 5.41) is 0. The molecule has 1 heterocycles. The van der Waals surface area contributed by atoms with E-state index in [4.69, 9.17) is 5.73 Å². The predicted octanol–water partition coefficient (Wildman–Crippen LogP) is 0.821. The molecule has 2 amide bonds. The minimum atomic E-state index is -0.179. The molecule has 0 fully saturated rings. The van der Waals surface area contributed by atoms with Crippen LogP contribution in [0.25, 0.3) is 0 Å². The molecule has 1 rings (SSSR count). The molecule has 0 aromatic rings. The molecule has 0 saturated heterocycles. The van der Waals surface area contributed by atoms with E-state index in [-0.39, 0.29) is 11.8 Å². The van der Waals surface area contributed by atoms with Crippen LogP contribution in [-0.2, 0) is 9.59 Å². The lowest BCUT2D eigenvalue weighted by Gasteiger charge is -2.12. The van der Waals surface area contributed by atoms with Gasteiger partial charge in [0.25, 0.3) is 11.8 Å². The number of rotatable bonds is 7. The van der Waals surface area contributed by atoms with Gasteiger partial charge in [-0.3, -0.25) is 14.5 Å². The maximum atomic E-state index is 11.2. The van der Waals surface area contributed by atoms with Gasteiger partial charge in [-0.05, 0) is 19.4 Å². The minimum absolute atomic E-state index is 0.179. The summed E-state index contributed by atoms with van der Waals surface area (Å²) >= 11 is 0. The first-order chi connectivity index (χ1) is 7.25. The monoisotopic (exact) mass is 210 g/mol. The highest BCUT2D eigenvalue weighted by Gasteiger charge is 2.21. The Kier molecular flexibility index (Phi) is 5.04. The van der Waals surface area contributed by atoms with Crippen molar-refractivity contribution in [3.05, 3.63) is 12.2 Å². The van der Waals surface area contributed by atoms with E-state index in [0.29, 0.717) is 6.54 Å². The number of amides is 2. The first kappa shape index (κ1) is 11.9. The molecule has 15 heavy (non-hydrogen) atoms. The summed E-state index contributed by atoms with van der Waals surface area (Å²) in [6.45, 7) is 1.29. The highest BCUT2D eigenvalue weighted by atomic mass is 16.2. The molecule has 4 heteroatoms. The predicted molar refractivity (Wildman–Crippen MR) is 58.0 cm³/mol. The SMILES string of the molecule is NCCCCCCCN1C(=O)C=CC1=O. The van der Waals surface area contributed by atoms with Gasteiger partial charge < -0.3 is 5.73 Å². The van der Waals surface area contributed by atoms with Crippen LogP contribution in [0, 0.1) is 0 Å². The van der Waals surface area contributed by atoms with E-state index >= 15 is 0 Å². The Labute approximate surface area is 90.1 Å². The third kappa shape index (κ3) is 3.83. The Hall–Kier alpha value is -1.16. The Bertz CT molecular complexity index is 243. The third-order valence-electron chi connectivity index (χ3n) is 2.49. The zero-order chi connectivity index (χ0) is 11.1. The van der Waals surface area contributed by atoms with Crippen LogP contribution in [0.2, 0.25) is 0 Å². The second-order valence-corrected chi connectivity index (χ2v) is 3.72. The van der Waals surface area contributed by atoms with Crippen LogP contribution in [0.15, 0.2) is 12.2 Å². The van der Waals surface area contributed by atoms with Crippen molar-refractivity contribution < 1.29 is 9.59 Å². The molecule has 0 unspecified atom stereocenters. The summed E-state index contributed by atoms with van der Waals surface area (Å²) in [4.78, 5) is 23.6. The molecule has 0 aliphatic carbocycles. The number of imide groups is 1. The summed E-state index contributed by atoms with van der Waals surface area (Å²) in [5.74, 6) is -0.357. The van der Waals surface area contributed by atoms with E-state index in [9.17, 15) is 9.59 Å². The molecule has 0 aromatic carbocycles. The number of unbranched alkanes of at least 4 members (excludes halogenated alkanes) is 4. The Morgan fingerprint density at radius 3 is 2.07 bits per heavy atom. The van der Waals surface area contributed by atoms with Crippen LogP contribution >= 0.6 is 0 Å². The van der Waals surface area contributed by atoms with Crippen LogP contribution in [0.5, 0.6) is 0 Å². The van der Waals surface area contributed by atoms with Gasteiger partial charge in [-0.15, -0.1) is 0 Å². The quantitative estimate of drug-likeness (QED) is 0.500. The maximum Gasteiger partial charge on any atom is 0.253 e. The molecule has 1 aliphatic rings. The van der Waals surface area contributed by atoms with Gasteiger partial charge in [0.05, 0.1) is 0 Å². The highest BCUT2D eigenvalue weighted by molar-refractivity contribution is 6.12. The molecule has 4 nitrogen and oxygen atoms in total. The second kappa shape index (κ2) is 6.35. The summed E-state index contributed by atoms with van der Waals surface area (Å²) in [6.07, 6.45) is 7.93. The van der Waals surface area contributed by atoms with Gasteiger partial charge in [-0.25, -0.2) is 0 Å². The largest absolute Gasteiger partial charge is 0.330 e. The number of nitrogens with two attached hydrogens (primary N) is 1. The average molecular weight is 210 g/mol. The summed E-state index contributed by atoms with van der Waals surface area (Å²) < 4.78 is 0. The van der Waals surface area contributed by atoms with Gasteiger partial charge in [0, 0.05) is 18.7 Å². The third-order valence-corrected chi connectivity index (χ3v) is 2.49. The van der Waals surface area contributed by atoms with Crippen LogP contribution in [0.4, 0.5) is 0 Å². The van der Waals surface area contributed by atoms with E-state index in [1.54, 1.807) is 0 Å². The number of carbonyl (C=O) groups excluding carboxylic acids is 2. The van der Waals surface area contributed by atoms with E-state index in [2.05, 4.69) is 0 Å². The normalized spacial score (nSPS) is 15.4. The van der Waals surface area contributed by atoms with Crippen molar-refractivity contribution in [3.8, 4) is 0 Å². The van der Waals surface area contributed by atoms with Crippen molar-refractivity contribution in [3.63, 3.8) is 0 Å². The van der Waals surface area contributed by atoms with Crippen LogP contribution < -0.4 is 5.73 Å². The number of hydrogen-bond acceptors (Lipinski definition) is 3. The first-order valence-electron chi connectivity index (χ1n) is 5.49. The molecule has 2 N–H and O–H groups in total. The summed E-state index contributed by atoms with van der Waals surface area (Å²) in [5.41, 5.74) is 5.37. The first-order valence-corrected chi connectivity index (χ1v) is 5.49. The van der Waals surface area contributed by atoms with E-state index < -0.39 is 0 Å². The Morgan fingerprint density at radius 1 is 0.933 bits per heavy atom. The lowest BCUT2D eigenvalue weighted by Crippen LogP contribution is -2.30. The fourth-order valence-electron chi connectivity index (χ4n) is 1.60. The standard InChI is InChI=1S/C11H18N2O2/c12-8-4-2-1-3-5-9-13-10(14)6-7-11(13)15/h6-7H,1-5,8-9,12H2. The number of hydrogen-bond donors (Lipinski definition) is 1. The molecular formula is C11H18N2O2. The van der Waals surface area contributed by atoms with Crippen molar-refractivity contribution in [2.45, 2.75) is 32.1 Å². The lowest BCUT2D eigenvalue weighted by atomic mass is 10.1. The molecule has 0 spiro atoms. The van der Waals surface area contributed by atoms with E-state index in [1.165, 1.54) is 17.1 Å². The summed E-state index contributed by atoms with van der Waals surface area (Å²) in [7, 11) is 0. The summed E-state index contributed by atoms with van der Waals surface area (Å²) in [6, 6.07) is 0. The fraction of sp³-hybridized carbons (Fsp3) is 0.636. The smallest absolute Gasteiger partial charge is 0.253 e. The van der Waals surface area contributed by atoms with Crippen molar-refractivity contribution in [2.75, 3.05) is 13.1 Å². The topological polar surface area (TPSA) is 63.4 Å². The fourth-order valence-corrected chi connectivity index (χ4v) is 1.60. The minimum Gasteiger partial charge on any atom is -0.330 e. The second-order valence-electron chi connectivity index (χ2n) is 3.72. The molecular weight excluding hydrogens is 192 g/mol. The van der Waals surface area contributed by atoms with Gasteiger partial charge in [-0.1, -0.05) is 19.3 Å². The highest BCUT2D eigenvalue weighted by Crippen LogP contribution is 2.08. The molecule has 0 aromatic heterocycles. The number of carbonyl (C=O) groups is 2. The average Bonchev–Trinajstić information content (AvgIpc) is 2.54. The zero-order valence-electron chi connectivity index (χ0n) is 8.95. The van der Waals surface area contributed by atoms with Crippen LogP contribution in [0.1, 0.15) is 32.1 Å². The van der Waals surface area contributed by atoms with Crippen molar-refractivity contribution in [2.24, 2.45) is 5.73 Å². The van der Waals surface area contributed by atoms with E-state index in [0.717, 1.165) is 38.6 Å². The van der Waals surface area contributed by atoms with Gasteiger partial charge in [0.1, 0.15) is 0 Å². The van der Waals surface area contributed by atoms with Gasteiger partial charge in [0.2, 0.25) is 0 Å².